The van der Waals surface area contributed by atoms with Gasteiger partial charge in [-0.2, -0.15) is 5.26 Å². The van der Waals surface area contributed by atoms with Crippen molar-refractivity contribution in [3.8, 4) is 6.07 Å². The second-order valence-electron chi connectivity index (χ2n) is 4.55. The van der Waals surface area contributed by atoms with Gasteiger partial charge in [0.25, 0.3) is 5.91 Å². The third-order valence-corrected chi connectivity index (χ3v) is 3.32. The van der Waals surface area contributed by atoms with Crippen molar-refractivity contribution in [3.05, 3.63) is 40.6 Å². The molecule has 0 atom stereocenters. The SMILES string of the molecule is CCOC(=O)CCN/C=C(/C#N)C(=O)Nc1cccc(Cl)c1C. The molecule has 1 aromatic rings. The highest BCUT2D eigenvalue weighted by Gasteiger charge is 2.11. The summed E-state index contributed by atoms with van der Waals surface area (Å²) in [5, 5.41) is 15.0. The number of ether oxygens (including phenoxy) is 1. The average Bonchev–Trinajstić information content (AvgIpc) is 2.52. The highest BCUT2D eigenvalue weighted by molar-refractivity contribution is 6.31. The smallest absolute Gasteiger partial charge is 0.307 e. The summed E-state index contributed by atoms with van der Waals surface area (Å²) < 4.78 is 4.77. The molecule has 0 unspecified atom stereocenters. The first-order valence-electron chi connectivity index (χ1n) is 7.05. The Morgan fingerprint density at radius 1 is 1.43 bits per heavy atom. The molecule has 0 radical (unpaired) electrons. The fourth-order valence-electron chi connectivity index (χ4n) is 1.66. The fourth-order valence-corrected chi connectivity index (χ4v) is 1.84. The molecule has 2 N–H and O–H groups in total. The van der Waals surface area contributed by atoms with E-state index in [0.29, 0.717) is 17.3 Å². The highest BCUT2D eigenvalue weighted by Crippen LogP contribution is 2.23. The van der Waals surface area contributed by atoms with Gasteiger partial charge >= 0.3 is 5.97 Å². The molecule has 1 rings (SSSR count). The van der Waals surface area contributed by atoms with Gasteiger partial charge in [0.1, 0.15) is 11.6 Å². The van der Waals surface area contributed by atoms with Crippen molar-refractivity contribution in [2.24, 2.45) is 0 Å². The zero-order valence-electron chi connectivity index (χ0n) is 13.0. The summed E-state index contributed by atoms with van der Waals surface area (Å²) in [6.07, 6.45) is 1.42. The number of esters is 1. The maximum Gasteiger partial charge on any atom is 0.307 e. The van der Waals surface area contributed by atoms with Crippen molar-refractivity contribution < 1.29 is 14.3 Å². The van der Waals surface area contributed by atoms with Crippen LogP contribution in [0.4, 0.5) is 5.69 Å². The van der Waals surface area contributed by atoms with E-state index in [0.717, 1.165) is 5.56 Å². The predicted octanol–water partition coefficient (Wildman–Crippen LogP) is 2.54. The largest absolute Gasteiger partial charge is 0.466 e. The third kappa shape index (κ3) is 6.01. The number of nitrogens with zero attached hydrogens (tertiary/aromatic N) is 1. The number of halogens is 1. The maximum atomic E-state index is 12.1. The minimum Gasteiger partial charge on any atom is -0.466 e. The minimum absolute atomic E-state index is 0.103. The van der Waals surface area contributed by atoms with Crippen LogP contribution in [0.25, 0.3) is 0 Å². The van der Waals surface area contributed by atoms with E-state index >= 15 is 0 Å². The number of benzene rings is 1. The van der Waals surface area contributed by atoms with E-state index in [9.17, 15) is 9.59 Å². The molecule has 0 aliphatic heterocycles. The molecular weight excluding hydrogens is 318 g/mol. The molecule has 0 saturated heterocycles. The molecule has 1 aromatic carbocycles. The van der Waals surface area contributed by atoms with Crippen molar-refractivity contribution in [3.63, 3.8) is 0 Å². The van der Waals surface area contributed by atoms with Gasteiger partial charge in [0.15, 0.2) is 0 Å². The Bertz CT molecular complexity index is 650. The average molecular weight is 336 g/mol. The van der Waals surface area contributed by atoms with Crippen LogP contribution in [0, 0.1) is 18.3 Å². The van der Waals surface area contributed by atoms with Gasteiger partial charge in [0.2, 0.25) is 0 Å². The second kappa shape index (κ2) is 9.49. The Balaban J connectivity index is 2.61. The molecule has 0 bridgehead atoms. The van der Waals surface area contributed by atoms with Crippen LogP contribution in [0.1, 0.15) is 18.9 Å². The normalized spacial score (nSPS) is 10.6. The van der Waals surface area contributed by atoms with Gasteiger partial charge in [-0.05, 0) is 31.5 Å². The van der Waals surface area contributed by atoms with E-state index in [1.807, 2.05) is 0 Å². The molecule has 1 amide bonds. The highest BCUT2D eigenvalue weighted by atomic mass is 35.5. The minimum atomic E-state index is -0.554. The summed E-state index contributed by atoms with van der Waals surface area (Å²) >= 11 is 5.98. The van der Waals surface area contributed by atoms with Gasteiger partial charge in [0, 0.05) is 23.5 Å². The molecule has 0 aliphatic rings. The Labute approximate surface area is 140 Å². The number of carbonyl (C=O) groups excluding carboxylic acids is 2. The zero-order valence-corrected chi connectivity index (χ0v) is 13.7. The molecule has 0 fully saturated rings. The summed E-state index contributed by atoms with van der Waals surface area (Å²) in [5.41, 5.74) is 1.15. The van der Waals surface area contributed by atoms with Crippen molar-refractivity contribution in [2.75, 3.05) is 18.5 Å². The molecule has 0 aromatic heterocycles. The number of anilines is 1. The number of nitriles is 1. The number of amides is 1. The van der Waals surface area contributed by atoms with Crippen molar-refractivity contribution in [2.45, 2.75) is 20.3 Å². The van der Waals surface area contributed by atoms with Crippen LogP contribution >= 0.6 is 11.6 Å². The number of rotatable bonds is 7. The van der Waals surface area contributed by atoms with E-state index in [1.54, 1.807) is 38.1 Å². The number of carbonyl (C=O) groups is 2. The molecule has 0 saturated carbocycles. The standard InChI is InChI=1S/C16H18ClN3O3/c1-3-23-15(21)7-8-19-10-12(9-18)16(22)20-14-6-4-5-13(17)11(14)2/h4-6,10,19H,3,7-8H2,1-2H3,(H,20,22)/b12-10-. The Kier molecular flexibility index (Phi) is 7.64. The first kappa shape index (κ1) is 18.5. The van der Waals surface area contributed by atoms with Crippen molar-refractivity contribution >= 4 is 29.2 Å². The van der Waals surface area contributed by atoms with Gasteiger partial charge in [0.05, 0.1) is 13.0 Å². The molecule has 0 aliphatic carbocycles. The molecule has 23 heavy (non-hydrogen) atoms. The number of nitrogens with one attached hydrogen (secondary N) is 2. The number of hydrogen-bond acceptors (Lipinski definition) is 5. The first-order chi connectivity index (χ1) is 11.0. The van der Waals surface area contributed by atoms with Crippen molar-refractivity contribution in [1.29, 1.82) is 5.26 Å². The van der Waals surface area contributed by atoms with Crippen LogP contribution in [0.3, 0.4) is 0 Å². The third-order valence-electron chi connectivity index (χ3n) is 2.91. The summed E-state index contributed by atoms with van der Waals surface area (Å²) in [6.45, 7) is 4.08. The van der Waals surface area contributed by atoms with Crippen LogP contribution in [0.2, 0.25) is 5.02 Å². The lowest BCUT2D eigenvalue weighted by Crippen LogP contribution is -2.19. The van der Waals surface area contributed by atoms with Gasteiger partial charge in [-0.3, -0.25) is 9.59 Å². The predicted molar refractivity (Wildman–Crippen MR) is 87.8 cm³/mol. The van der Waals surface area contributed by atoms with Gasteiger partial charge in [-0.15, -0.1) is 0 Å². The monoisotopic (exact) mass is 335 g/mol. The van der Waals surface area contributed by atoms with Gasteiger partial charge in [-0.1, -0.05) is 17.7 Å². The van der Waals surface area contributed by atoms with Crippen LogP contribution in [0.15, 0.2) is 30.0 Å². The van der Waals surface area contributed by atoms with E-state index in [4.69, 9.17) is 21.6 Å². The topological polar surface area (TPSA) is 91.2 Å². The number of hydrogen-bond donors (Lipinski definition) is 2. The fraction of sp³-hybridized carbons (Fsp3) is 0.312. The van der Waals surface area contributed by atoms with Crippen LogP contribution in [0.5, 0.6) is 0 Å². The van der Waals surface area contributed by atoms with Gasteiger partial charge < -0.3 is 15.4 Å². The first-order valence-corrected chi connectivity index (χ1v) is 7.43. The quantitative estimate of drug-likeness (QED) is 0.346. The Morgan fingerprint density at radius 2 is 2.17 bits per heavy atom. The molecular formula is C16H18ClN3O3. The maximum absolute atomic E-state index is 12.1. The van der Waals surface area contributed by atoms with Crippen LogP contribution in [-0.4, -0.2) is 25.0 Å². The molecule has 122 valence electrons. The summed E-state index contributed by atoms with van der Waals surface area (Å²) in [4.78, 5) is 23.2. The van der Waals surface area contributed by atoms with E-state index in [-0.39, 0.29) is 24.5 Å². The molecule has 6 nitrogen and oxygen atoms in total. The second-order valence-corrected chi connectivity index (χ2v) is 4.95. The van der Waals surface area contributed by atoms with Gasteiger partial charge in [-0.25, -0.2) is 0 Å². The van der Waals surface area contributed by atoms with E-state index < -0.39 is 5.91 Å². The lowest BCUT2D eigenvalue weighted by atomic mass is 10.2. The van der Waals surface area contributed by atoms with E-state index in [2.05, 4.69) is 10.6 Å². The molecule has 7 heteroatoms. The lowest BCUT2D eigenvalue weighted by molar-refractivity contribution is -0.142. The van der Waals surface area contributed by atoms with Crippen molar-refractivity contribution in [1.82, 2.24) is 5.32 Å². The molecule has 0 spiro atoms. The lowest BCUT2D eigenvalue weighted by Gasteiger charge is -2.09. The van der Waals surface area contributed by atoms with Crippen LogP contribution < -0.4 is 10.6 Å². The van der Waals surface area contributed by atoms with E-state index in [1.165, 1.54) is 6.20 Å². The van der Waals surface area contributed by atoms with Crippen LogP contribution in [-0.2, 0) is 14.3 Å². The Morgan fingerprint density at radius 3 is 2.83 bits per heavy atom. The zero-order chi connectivity index (χ0) is 17.2. The summed E-state index contributed by atoms with van der Waals surface area (Å²) in [7, 11) is 0. The Hall–Kier alpha value is -2.52. The summed E-state index contributed by atoms with van der Waals surface area (Å²) in [5.74, 6) is -0.896. The summed E-state index contributed by atoms with van der Waals surface area (Å²) in [6, 6.07) is 6.92. The molecule has 0 heterocycles.